The lowest BCUT2D eigenvalue weighted by molar-refractivity contribution is -0.384. The molecule has 0 radical (unpaired) electrons. The summed E-state index contributed by atoms with van der Waals surface area (Å²) in [6.45, 7) is 2.13. The molecule has 0 atom stereocenters. The predicted molar refractivity (Wildman–Crippen MR) is 92.5 cm³/mol. The van der Waals surface area contributed by atoms with Crippen LogP contribution in [0.3, 0.4) is 0 Å². The Balaban J connectivity index is 2.45. The lowest BCUT2D eigenvalue weighted by Gasteiger charge is -2.10. The van der Waals surface area contributed by atoms with Gasteiger partial charge in [-0.1, -0.05) is 32.6 Å². The Morgan fingerprint density at radius 3 is 2.65 bits per heavy atom. The van der Waals surface area contributed by atoms with Crippen LogP contribution >= 0.6 is 12.2 Å². The molecule has 0 heterocycles. The lowest BCUT2D eigenvalue weighted by Crippen LogP contribution is -2.33. The topological polar surface area (TPSA) is 104 Å². The molecule has 0 fully saturated rings. The van der Waals surface area contributed by atoms with Gasteiger partial charge in [-0.05, 0) is 24.7 Å². The van der Waals surface area contributed by atoms with Gasteiger partial charge in [0.1, 0.15) is 5.75 Å². The molecule has 7 nitrogen and oxygen atoms in total. The molecule has 0 bridgehead atoms. The van der Waals surface area contributed by atoms with Gasteiger partial charge in [-0.3, -0.25) is 14.9 Å². The molecule has 0 aliphatic heterocycles. The van der Waals surface area contributed by atoms with E-state index in [4.69, 9.17) is 12.2 Å². The molecule has 0 saturated carbocycles. The summed E-state index contributed by atoms with van der Waals surface area (Å²) >= 11 is 4.98. The maximum Gasteiger partial charge on any atom is 0.271 e. The lowest BCUT2D eigenvalue weighted by atomic mass is 10.1. The van der Waals surface area contributed by atoms with Crippen LogP contribution in [0.5, 0.6) is 5.75 Å². The Hall–Kier alpha value is -2.22. The first-order valence-corrected chi connectivity index (χ1v) is 7.93. The number of nitro benzene ring substituents is 1. The predicted octanol–water partition coefficient (Wildman–Crippen LogP) is 3.47. The fourth-order valence-corrected chi connectivity index (χ4v) is 2.19. The van der Waals surface area contributed by atoms with E-state index in [1.54, 1.807) is 0 Å². The Morgan fingerprint density at radius 2 is 2.00 bits per heavy atom. The molecule has 8 heteroatoms. The minimum atomic E-state index is -0.581. The number of nitrogens with zero attached hydrogens (tertiary/aromatic N) is 1. The van der Waals surface area contributed by atoms with E-state index in [2.05, 4.69) is 17.6 Å². The number of phenolic OH excluding ortho intramolecular Hbond substituents is 1. The summed E-state index contributed by atoms with van der Waals surface area (Å²) in [5.74, 6) is -0.407. The number of aromatic hydroxyl groups is 1. The maximum atomic E-state index is 11.7. The molecular formula is C15H21N3O4S. The normalized spacial score (nSPS) is 10.1. The second-order valence-corrected chi connectivity index (χ2v) is 5.53. The third-order valence-corrected chi connectivity index (χ3v) is 3.40. The van der Waals surface area contributed by atoms with Crippen LogP contribution in [-0.4, -0.2) is 21.0 Å². The summed E-state index contributed by atoms with van der Waals surface area (Å²) in [6, 6.07) is 3.52. The average Bonchev–Trinajstić information content (AvgIpc) is 2.49. The average molecular weight is 339 g/mol. The van der Waals surface area contributed by atoms with Crippen LogP contribution in [0.4, 0.5) is 11.4 Å². The quantitative estimate of drug-likeness (QED) is 0.220. The maximum absolute atomic E-state index is 11.7. The van der Waals surface area contributed by atoms with Gasteiger partial charge in [0.25, 0.3) is 5.69 Å². The number of carbonyl (C=O) groups is 1. The van der Waals surface area contributed by atoms with Gasteiger partial charge < -0.3 is 15.7 Å². The van der Waals surface area contributed by atoms with Crippen molar-refractivity contribution in [1.29, 1.82) is 0 Å². The highest BCUT2D eigenvalue weighted by Crippen LogP contribution is 2.27. The summed E-state index contributed by atoms with van der Waals surface area (Å²) in [5.41, 5.74) is -0.109. The van der Waals surface area contributed by atoms with E-state index < -0.39 is 4.92 Å². The standard InChI is InChI=1S/C15H21N3O4S/c1-2-3-4-5-6-7-14(20)17-15(23)16-12-10-11(18(21)22)8-9-13(12)19/h8-10,19H,2-7H2,1H3,(H2,16,17,20,23). The Kier molecular flexibility index (Phi) is 7.96. The third-order valence-electron chi connectivity index (χ3n) is 3.20. The SMILES string of the molecule is CCCCCCCC(=O)NC(=S)Nc1cc([N+](=O)[O-])ccc1O. The molecule has 1 aromatic carbocycles. The largest absolute Gasteiger partial charge is 0.506 e. The van der Waals surface area contributed by atoms with Crippen molar-refractivity contribution in [2.24, 2.45) is 0 Å². The Labute approximate surface area is 140 Å². The van der Waals surface area contributed by atoms with Gasteiger partial charge in [-0.2, -0.15) is 0 Å². The van der Waals surface area contributed by atoms with Crippen molar-refractivity contribution < 1.29 is 14.8 Å². The summed E-state index contributed by atoms with van der Waals surface area (Å²) in [6.07, 6.45) is 5.56. The van der Waals surface area contributed by atoms with Crippen LogP contribution < -0.4 is 10.6 Å². The van der Waals surface area contributed by atoms with Gasteiger partial charge in [-0.25, -0.2) is 0 Å². The van der Waals surface area contributed by atoms with Crippen molar-refractivity contribution in [3.63, 3.8) is 0 Å². The zero-order valence-electron chi connectivity index (χ0n) is 13.0. The number of nitro groups is 1. The molecule has 126 valence electrons. The number of thiocarbonyl (C=S) groups is 1. The molecule has 0 unspecified atom stereocenters. The van der Waals surface area contributed by atoms with Gasteiger partial charge in [0.15, 0.2) is 5.11 Å². The van der Waals surface area contributed by atoms with Crippen LogP contribution in [0.2, 0.25) is 0 Å². The fraction of sp³-hybridized carbons (Fsp3) is 0.467. The highest BCUT2D eigenvalue weighted by molar-refractivity contribution is 7.80. The fourth-order valence-electron chi connectivity index (χ4n) is 1.97. The van der Waals surface area contributed by atoms with Crippen LogP contribution in [0.1, 0.15) is 45.4 Å². The first-order chi connectivity index (χ1) is 10.9. The number of anilines is 1. The van der Waals surface area contributed by atoms with E-state index in [1.165, 1.54) is 12.1 Å². The highest BCUT2D eigenvalue weighted by atomic mass is 32.1. The number of rotatable bonds is 8. The molecule has 0 aliphatic rings. The van der Waals surface area contributed by atoms with E-state index in [1.807, 2.05) is 0 Å². The molecule has 23 heavy (non-hydrogen) atoms. The summed E-state index contributed by atoms with van der Waals surface area (Å²) < 4.78 is 0. The van der Waals surface area contributed by atoms with E-state index in [9.17, 15) is 20.0 Å². The zero-order chi connectivity index (χ0) is 17.2. The van der Waals surface area contributed by atoms with Gasteiger partial charge in [0.05, 0.1) is 10.6 Å². The first kappa shape index (κ1) is 18.8. The van der Waals surface area contributed by atoms with Gasteiger partial charge in [0, 0.05) is 18.6 Å². The van der Waals surface area contributed by atoms with Crippen molar-refractivity contribution in [3.05, 3.63) is 28.3 Å². The van der Waals surface area contributed by atoms with Gasteiger partial charge >= 0.3 is 0 Å². The van der Waals surface area contributed by atoms with E-state index in [0.717, 1.165) is 38.2 Å². The molecule has 0 aliphatic carbocycles. The Morgan fingerprint density at radius 1 is 1.30 bits per heavy atom. The van der Waals surface area contributed by atoms with E-state index in [-0.39, 0.29) is 28.1 Å². The molecule has 0 aromatic heterocycles. The molecule has 1 aromatic rings. The Bertz CT molecular complexity index is 578. The van der Waals surface area contributed by atoms with Crippen molar-refractivity contribution in [2.75, 3.05) is 5.32 Å². The van der Waals surface area contributed by atoms with Crippen LogP contribution in [0, 0.1) is 10.1 Å². The van der Waals surface area contributed by atoms with E-state index in [0.29, 0.717) is 6.42 Å². The number of hydrogen-bond donors (Lipinski definition) is 3. The minimum absolute atomic E-state index is 0.000596. The summed E-state index contributed by atoms with van der Waals surface area (Å²) in [5, 5.41) is 25.5. The number of carbonyl (C=O) groups excluding carboxylic acids is 1. The first-order valence-electron chi connectivity index (χ1n) is 7.52. The number of nitrogens with one attached hydrogen (secondary N) is 2. The highest BCUT2D eigenvalue weighted by Gasteiger charge is 2.12. The van der Waals surface area contributed by atoms with Crippen LogP contribution in [-0.2, 0) is 4.79 Å². The number of non-ortho nitro benzene ring substituents is 1. The summed E-state index contributed by atoms with van der Waals surface area (Å²) in [7, 11) is 0. The van der Waals surface area contributed by atoms with Crippen molar-refractivity contribution in [1.82, 2.24) is 5.32 Å². The number of benzene rings is 1. The monoisotopic (exact) mass is 339 g/mol. The van der Waals surface area contributed by atoms with Gasteiger partial charge in [-0.15, -0.1) is 0 Å². The van der Waals surface area contributed by atoms with Crippen LogP contribution in [0.15, 0.2) is 18.2 Å². The van der Waals surface area contributed by atoms with Gasteiger partial charge in [0.2, 0.25) is 5.91 Å². The zero-order valence-corrected chi connectivity index (χ0v) is 13.8. The smallest absolute Gasteiger partial charge is 0.271 e. The number of amides is 1. The second kappa shape index (κ2) is 9.73. The molecule has 0 saturated heterocycles. The summed E-state index contributed by atoms with van der Waals surface area (Å²) in [4.78, 5) is 21.9. The molecule has 0 spiro atoms. The van der Waals surface area contributed by atoms with E-state index >= 15 is 0 Å². The van der Waals surface area contributed by atoms with Crippen molar-refractivity contribution in [2.45, 2.75) is 45.4 Å². The van der Waals surface area contributed by atoms with Crippen molar-refractivity contribution >= 4 is 34.6 Å². The van der Waals surface area contributed by atoms with Crippen LogP contribution in [0.25, 0.3) is 0 Å². The third kappa shape index (κ3) is 7.05. The number of unbranched alkanes of at least 4 members (excludes halogenated alkanes) is 4. The minimum Gasteiger partial charge on any atom is -0.506 e. The number of hydrogen-bond acceptors (Lipinski definition) is 5. The molecule has 1 rings (SSSR count). The second-order valence-electron chi connectivity index (χ2n) is 5.13. The molecular weight excluding hydrogens is 318 g/mol. The molecule has 1 amide bonds. The van der Waals surface area contributed by atoms with Crippen molar-refractivity contribution in [3.8, 4) is 5.75 Å². The number of phenols is 1. The molecule has 3 N–H and O–H groups in total.